The first-order chi connectivity index (χ1) is 10.8. The van der Waals surface area contributed by atoms with E-state index in [2.05, 4.69) is 13.0 Å². The molecule has 4 aliphatic rings. The third kappa shape index (κ3) is 1.99. The van der Waals surface area contributed by atoms with Gasteiger partial charge in [0, 0.05) is 5.41 Å². The van der Waals surface area contributed by atoms with E-state index in [1.807, 2.05) is 6.92 Å². The van der Waals surface area contributed by atoms with Gasteiger partial charge in [-0.25, -0.2) is 0 Å². The molecule has 0 spiro atoms. The molecule has 3 nitrogen and oxygen atoms in total. The molecule has 0 radical (unpaired) electrons. The van der Waals surface area contributed by atoms with E-state index in [1.54, 1.807) is 0 Å². The first-order valence-electron chi connectivity index (χ1n) is 9.55. The summed E-state index contributed by atoms with van der Waals surface area (Å²) in [5.74, 6) is 1.70. The topological polar surface area (TPSA) is 60.7 Å². The van der Waals surface area contributed by atoms with E-state index in [0.29, 0.717) is 17.8 Å². The molecule has 0 amide bonds. The molecule has 23 heavy (non-hydrogen) atoms. The Balaban J connectivity index is 1.71. The number of hydrogen-bond acceptors (Lipinski definition) is 3. The highest BCUT2D eigenvalue weighted by Crippen LogP contribution is 2.66. The van der Waals surface area contributed by atoms with Crippen molar-refractivity contribution in [2.24, 2.45) is 28.6 Å². The van der Waals surface area contributed by atoms with Crippen LogP contribution in [0.5, 0.6) is 0 Å². The Bertz CT molecular complexity index is 525. The molecule has 3 saturated carbocycles. The molecule has 0 aromatic carbocycles. The number of allylic oxidation sites excluding steroid dienone is 1. The quantitative estimate of drug-likeness (QED) is 0.651. The van der Waals surface area contributed by atoms with Crippen LogP contribution in [0.1, 0.15) is 65.2 Å². The number of rotatable bonds is 1. The second-order valence-electron chi connectivity index (χ2n) is 9.32. The zero-order valence-corrected chi connectivity index (χ0v) is 14.6. The average Bonchev–Trinajstić information content (AvgIpc) is 2.77. The highest BCUT2D eigenvalue weighted by Gasteiger charge is 2.62. The monoisotopic (exact) mass is 320 g/mol. The van der Waals surface area contributed by atoms with Crippen LogP contribution in [0.3, 0.4) is 0 Å². The summed E-state index contributed by atoms with van der Waals surface area (Å²) < 4.78 is 0. The van der Waals surface area contributed by atoms with E-state index in [1.165, 1.54) is 5.57 Å². The van der Waals surface area contributed by atoms with Crippen LogP contribution < -0.4 is 0 Å². The van der Waals surface area contributed by atoms with Crippen molar-refractivity contribution in [1.82, 2.24) is 0 Å². The van der Waals surface area contributed by atoms with Gasteiger partial charge in [-0.2, -0.15) is 0 Å². The standard InChI is InChI=1S/C20H32O3/c1-18-8-6-17-15(16(18)7-9-19(18,2)23)4-3-13-11-14(22)5-10-20(13,17)12-21/h3,14-17,21-23H,4-12H2,1-2H3/t14?,15-,16-,17+,18-,19?,20+/m0/s1. The SMILES string of the molecule is CC1(O)CC[C@H]2[C@@H]3CC=C4CC(O)CC[C@]4(CO)[C@@H]3CC[C@@]21C. The lowest BCUT2D eigenvalue weighted by Gasteiger charge is -2.59. The molecule has 0 aromatic heterocycles. The van der Waals surface area contributed by atoms with Gasteiger partial charge in [0.1, 0.15) is 0 Å². The Labute approximate surface area is 139 Å². The molecule has 0 heterocycles. The Morgan fingerprint density at radius 2 is 1.83 bits per heavy atom. The largest absolute Gasteiger partial charge is 0.395 e. The summed E-state index contributed by atoms with van der Waals surface area (Å²) in [5, 5.41) is 31.3. The van der Waals surface area contributed by atoms with Crippen molar-refractivity contribution in [1.29, 1.82) is 0 Å². The molecule has 3 N–H and O–H groups in total. The summed E-state index contributed by atoms with van der Waals surface area (Å²) in [6.45, 7) is 4.57. The predicted molar refractivity (Wildman–Crippen MR) is 89.7 cm³/mol. The molecule has 7 atom stereocenters. The highest BCUT2D eigenvalue weighted by molar-refractivity contribution is 5.27. The zero-order chi connectivity index (χ0) is 16.5. The Morgan fingerprint density at radius 3 is 2.57 bits per heavy atom. The summed E-state index contributed by atoms with van der Waals surface area (Å²) >= 11 is 0. The minimum absolute atomic E-state index is 0.0321. The summed E-state index contributed by atoms with van der Waals surface area (Å²) in [6, 6.07) is 0. The maximum Gasteiger partial charge on any atom is 0.0675 e. The van der Waals surface area contributed by atoms with Crippen LogP contribution in [0.15, 0.2) is 11.6 Å². The molecule has 0 aromatic rings. The van der Waals surface area contributed by atoms with Crippen LogP contribution in [-0.4, -0.2) is 33.6 Å². The van der Waals surface area contributed by atoms with Gasteiger partial charge in [0.25, 0.3) is 0 Å². The van der Waals surface area contributed by atoms with E-state index in [9.17, 15) is 15.3 Å². The molecule has 3 heteroatoms. The molecule has 2 unspecified atom stereocenters. The van der Waals surface area contributed by atoms with Gasteiger partial charge in [-0.3, -0.25) is 0 Å². The lowest BCUT2D eigenvalue weighted by molar-refractivity contribution is -0.124. The fraction of sp³-hybridized carbons (Fsp3) is 0.900. The minimum atomic E-state index is -0.540. The number of aliphatic hydroxyl groups excluding tert-OH is 2. The van der Waals surface area contributed by atoms with Gasteiger partial charge < -0.3 is 15.3 Å². The van der Waals surface area contributed by atoms with Crippen LogP contribution in [-0.2, 0) is 0 Å². The molecular weight excluding hydrogens is 288 g/mol. The van der Waals surface area contributed by atoms with Gasteiger partial charge in [-0.1, -0.05) is 18.6 Å². The van der Waals surface area contributed by atoms with Crippen molar-refractivity contribution in [3.8, 4) is 0 Å². The predicted octanol–water partition coefficient (Wildman–Crippen LogP) is 3.03. The maximum absolute atomic E-state index is 10.9. The molecule has 0 bridgehead atoms. The van der Waals surface area contributed by atoms with E-state index >= 15 is 0 Å². The first-order valence-corrected chi connectivity index (χ1v) is 9.55. The fourth-order valence-corrected chi connectivity index (χ4v) is 6.98. The maximum atomic E-state index is 10.9. The number of fused-ring (bicyclic) bond motifs is 5. The molecule has 4 rings (SSSR count). The Morgan fingerprint density at radius 1 is 1.09 bits per heavy atom. The third-order valence-corrected chi connectivity index (χ3v) is 8.65. The normalized spacial score (nSPS) is 55.6. The average molecular weight is 320 g/mol. The molecule has 3 fully saturated rings. The molecule has 130 valence electrons. The molecule has 4 aliphatic carbocycles. The summed E-state index contributed by atoms with van der Waals surface area (Å²) in [7, 11) is 0. The van der Waals surface area contributed by atoms with Crippen molar-refractivity contribution in [3.63, 3.8) is 0 Å². The van der Waals surface area contributed by atoms with E-state index < -0.39 is 5.60 Å². The molecule has 0 saturated heterocycles. The second kappa shape index (κ2) is 5.06. The lowest BCUT2D eigenvalue weighted by Crippen LogP contribution is -2.55. The van der Waals surface area contributed by atoms with Gasteiger partial charge in [-0.05, 0) is 81.5 Å². The van der Waals surface area contributed by atoms with Crippen LogP contribution in [0, 0.1) is 28.6 Å². The van der Waals surface area contributed by atoms with Gasteiger partial charge in [0.05, 0.1) is 18.3 Å². The molecular formula is C20H32O3. The van der Waals surface area contributed by atoms with E-state index in [4.69, 9.17) is 0 Å². The van der Waals surface area contributed by atoms with Crippen molar-refractivity contribution in [2.75, 3.05) is 6.61 Å². The lowest BCUT2D eigenvalue weighted by atomic mass is 9.46. The van der Waals surface area contributed by atoms with Crippen LogP contribution in [0.25, 0.3) is 0 Å². The van der Waals surface area contributed by atoms with Crippen molar-refractivity contribution >= 4 is 0 Å². The van der Waals surface area contributed by atoms with Crippen LogP contribution in [0.4, 0.5) is 0 Å². The van der Waals surface area contributed by atoms with E-state index in [0.717, 1.165) is 51.4 Å². The molecule has 0 aliphatic heterocycles. The van der Waals surface area contributed by atoms with Crippen molar-refractivity contribution in [2.45, 2.75) is 76.9 Å². The first kappa shape index (κ1) is 16.1. The summed E-state index contributed by atoms with van der Waals surface area (Å²) in [5.41, 5.74) is 0.734. The van der Waals surface area contributed by atoms with Crippen LogP contribution >= 0.6 is 0 Å². The smallest absolute Gasteiger partial charge is 0.0675 e. The van der Waals surface area contributed by atoms with E-state index in [-0.39, 0.29) is 23.5 Å². The highest BCUT2D eigenvalue weighted by atomic mass is 16.3. The summed E-state index contributed by atoms with van der Waals surface area (Å²) in [6.07, 6.45) is 9.92. The second-order valence-corrected chi connectivity index (χ2v) is 9.32. The fourth-order valence-electron chi connectivity index (χ4n) is 6.98. The zero-order valence-electron chi connectivity index (χ0n) is 14.6. The number of aliphatic hydroxyl groups is 3. The Hall–Kier alpha value is -0.380. The van der Waals surface area contributed by atoms with Gasteiger partial charge >= 0.3 is 0 Å². The third-order valence-electron chi connectivity index (χ3n) is 8.65. The Kier molecular flexibility index (Phi) is 3.54. The summed E-state index contributed by atoms with van der Waals surface area (Å²) in [4.78, 5) is 0. The van der Waals surface area contributed by atoms with Gasteiger partial charge in [-0.15, -0.1) is 0 Å². The van der Waals surface area contributed by atoms with Crippen LogP contribution in [0.2, 0.25) is 0 Å². The van der Waals surface area contributed by atoms with Gasteiger partial charge in [0.2, 0.25) is 0 Å². The number of hydrogen-bond donors (Lipinski definition) is 3. The van der Waals surface area contributed by atoms with Crippen molar-refractivity contribution in [3.05, 3.63) is 11.6 Å². The van der Waals surface area contributed by atoms with Crippen molar-refractivity contribution < 1.29 is 15.3 Å². The van der Waals surface area contributed by atoms with Gasteiger partial charge in [0.15, 0.2) is 0 Å². The minimum Gasteiger partial charge on any atom is -0.395 e.